The van der Waals surface area contributed by atoms with Crippen LogP contribution in [-0.4, -0.2) is 32.4 Å². The molecule has 23 heavy (non-hydrogen) atoms. The molecule has 7 nitrogen and oxygen atoms in total. The van der Waals surface area contributed by atoms with Gasteiger partial charge in [-0.2, -0.15) is 8.42 Å². The number of benzene rings is 1. The quantitative estimate of drug-likeness (QED) is 0.775. The summed E-state index contributed by atoms with van der Waals surface area (Å²) >= 11 is 0. The molecule has 0 N–H and O–H groups in total. The van der Waals surface area contributed by atoms with E-state index < -0.39 is 21.9 Å². The summed E-state index contributed by atoms with van der Waals surface area (Å²) in [5.41, 5.74) is 0.734. The second kappa shape index (κ2) is 5.78. The average Bonchev–Trinajstić information content (AvgIpc) is 2.80. The zero-order valence-corrected chi connectivity index (χ0v) is 13.3. The number of nitrogens with zero attached hydrogens (tertiary/aromatic N) is 1. The summed E-state index contributed by atoms with van der Waals surface area (Å²) in [6.45, 7) is 0. The molecule has 1 aromatic rings. The molecule has 8 heteroatoms. The summed E-state index contributed by atoms with van der Waals surface area (Å²) in [7, 11) is -2.82. The second-order valence-electron chi connectivity index (χ2n) is 5.27. The Balaban J connectivity index is 1.83. The Kier molecular flexibility index (Phi) is 3.95. The number of imide groups is 1. The molecule has 0 spiro atoms. The molecule has 0 radical (unpaired) electrons. The van der Waals surface area contributed by atoms with Crippen LogP contribution >= 0.6 is 0 Å². The highest BCUT2D eigenvalue weighted by Gasteiger charge is 2.42. The fourth-order valence-electron chi connectivity index (χ4n) is 2.67. The van der Waals surface area contributed by atoms with E-state index in [0.29, 0.717) is 34.8 Å². The largest absolute Gasteiger partial charge is 0.497 e. The molecule has 0 saturated heterocycles. The molecule has 3 rings (SSSR count). The predicted molar refractivity (Wildman–Crippen MR) is 78.6 cm³/mol. The SMILES string of the molecule is COc1ccc(S(=O)(=O)ON2C(=O)C3=C(CCCC3)C2=O)cc1. The first-order valence-corrected chi connectivity index (χ1v) is 8.54. The lowest BCUT2D eigenvalue weighted by Crippen LogP contribution is -2.34. The molecule has 0 saturated carbocycles. The van der Waals surface area contributed by atoms with Crippen molar-refractivity contribution in [3.8, 4) is 5.75 Å². The Morgan fingerprint density at radius 3 is 1.96 bits per heavy atom. The van der Waals surface area contributed by atoms with Crippen molar-refractivity contribution in [1.29, 1.82) is 0 Å². The van der Waals surface area contributed by atoms with Crippen molar-refractivity contribution in [2.24, 2.45) is 0 Å². The number of hydrogen-bond acceptors (Lipinski definition) is 6. The number of methoxy groups -OCH3 is 1. The third kappa shape index (κ3) is 2.75. The van der Waals surface area contributed by atoms with Crippen LogP contribution in [0.2, 0.25) is 0 Å². The maximum Gasteiger partial charge on any atom is 0.318 e. The Labute approximate surface area is 133 Å². The van der Waals surface area contributed by atoms with E-state index in [4.69, 9.17) is 9.02 Å². The third-order valence-corrected chi connectivity index (χ3v) is 5.07. The van der Waals surface area contributed by atoms with Gasteiger partial charge in [0.15, 0.2) is 0 Å². The molecule has 2 amide bonds. The summed E-state index contributed by atoms with van der Waals surface area (Å²) in [5.74, 6) is -0.877. The van der Waals surface area contributed by atoms with Gasteiger partial charge in [-0.3, -0.25) is 9.59 Å². The van der Waals surface area contributed by atoms with Gasteiger partial charge in [-0.15, -0.1) is 9.35 Å². The van der Waals surface area contributed by atoms with Gasteiger partial charge in [-0.1, -0.05) is 0 Å². The zero-order valence-electron chi connectivity index (χ0n) is 12.4. The molecule has 122 valence electrons. The van der Waals surface area contributed by atoms with Crippen molar-refractivity contribution in [3.63, 3.8) is 0 Å². The number of rotatable bonds is 4. The van der Waals surface area contributed by atoms with E-state index in [-0.39, 0.29) is 4.90 Å². The molecule has 0 aromatic heterocycles. The van der Waals surface area contributed by atoms with Crippen LogP contribution < -0.4 is 4.74 Å². The van der Waals surface area contributed by atoms with Crippen LogP contribution in [0.3, 0.4) is 0 Å². The fourth-order valence-corrected chi connectivity index (χ4v) is 3.55. The molecular weight excluding hydrogens is 322 g/mol. The molecule has 1 aliphatic carbocycles. The Bertz CT molecular complexity index is 766. The van der Waals surface area contributed by atoms with Crippen LogP contribution in [0.4, 0.5) is 0 Å². The normalized spacial score (nSPS) is 18.4. The van der Waals surface area contributed by atoms with E-state index in [0.717, 1.165) is 12.8 Å². The number of hydroxylamine groups is 2. The van der Waals surface area contributed by atoms with Gasteiger partial charge in [0.05, 0.1) is 12.0 Å². The van der Waals surface area contributed by atoms with Crippen molar-refractivity contribution in [2.75, 3.05) is 7.11 Å². The first-order valence-electron chi connectivity index (χ1n) is 7.13. The fraction of sp³-hybridized carbons (Fsp3) is 0.333. The van der Waals surface area contributed by atoms with Crippen LogP contribution in [-0.2, 0) is 24.0 Å². The van der Waals surface area contributed by atoms with Crippen LogP contribution in [0.5, 0.6) is 5.75 Å². The molecule has 0 bridgehead atoms. The van der Waals surface area contributed by atoms with Crippen molar-refractivity contribution in [2.45, 2.75) is 30.6 Å². The lowest BCUT2D eigenvalue weighted by molar-refractivity contribution is -0.162. The van der Waals surface area contributed by atoms with Gasteiger partial charge < -0.3 is 4.74 Å². The number of carbonyl (C=O) groups excluding carboxylic acids is 2. The molecular formula is C15H15NO6S. The lowest BCUT2D eigenvalue weighted by atomic mass is 9.93. The average molecular weight is 337 g/mol. The van der Waals surface area contributed by atoms with Gasteiger partial charge in [-0.25, -0.2) is 0 Å². The Morgan fingerprint density at radius 2 is 1.48 bits per heavy atom. The van der Waals surface area contributed by atoms with Crippen LogP contribution in [0, 0.1) is 0 Å². The maximum absolute atomic E-state index is 12.3. The van der Waals surface area contributed by atoms with Crippen molar-refractivity contribution >= 4 is 21.9 Å². The topological polar surface area (TPSA) is 90.0 Å². The summed E-state index contributed by atoms with van der Waals surface area (Å²) in [6.07, 6.45) is 2.55. The first-order chi connectivity index (χ1) is 10.9. The molecule has 0 unspecified atom stereocenters. The van der Waals surface area contributed by atoms with Crippen LogP contribution in [0.15, 0.2) is 40.3 Å². The molecule has 0 atom stereocenters. The van der Waals surface area contributed by atoms with E-state index in [1.54, 1.807) is 0 Å². The first kappa shape index (κ1) is 15.7. The molecule has 2 aliphatic rings. The third-order valence-electron chi connectivity index (χ3n) is 3.87. The standard InChI is InChI=1S/C15H15NO6S/c1-21-10-6-8-11(9-7-10)23(19,20)22-16-14(17)12-4-2-3-5-13(12)15(16)18/h6-9H,2-5H2,1H3. The summed E-state index contributed by atoms with van der Waals surface area (Å²) < 4.78 is 34.3. The van der Waals surface area contributed by atoms with E-state index in [1.807, 2.05) is 0 Å². The molecule has 1 heterocycles. The smallest absolute Gasteiger partial charge is 0.318 e. The van der Waals surface area contributed by atoms with E-state index in [2.05, 4.69) is 0 Å². The van der Waals surface area contributed by atoms with E-state index >= 15 is 0 Å². The van der Waals surface area contributed by atoms with Crippen LogP contribution in [0.1, 0.15) is 25.7 Å². The number of amides is 2. The van der Waals surface area contributed by atoms with Crippen LogP contribution in [0.25, 0.3) is 0 Å². The second-order valence-corrected chi connectivity index (χ2v) is 6.80. The Hall–Kier alpha value is -2.19. The van der Waals surface area contributed by atoms with Crippen molar-refractivity contribution < 1.29 is 27.0 Å². The maximum atomic E-state index is 12.3. The summed E-state index contributed by atoms with van der Waals surface area (Å²) in [6, 6.07) is 5.47. The Morgan fingerprint density at radius 1 is 0.957 bits per heavy atom. The summed E-state index contributed by atoms with van der Waals surface area (Å²) in [5, 5.41) is 0.357. The molecule has 1 aliphatic heterocycles. The van der Waals surface area contributed by atoms with E-state index in [9.17, 15) is 18.0 Å². The predicted octanol–water partition coefficient (Wildman–Crippen LogP) is 1.55. The van der Waals surface area contributed by atoms with Gasteiger partial charge in [0.1, 0.15) is 5.75 Å². The van der Waals surface area contributed by atoms with Gasteiger partial charge in [0, 0.05) is 11.1 Å². The molecule has 0 fully saturated rings. The summed E-state index contributed by atoms with van der Waals surface area (Å²) in [4.78, 5) is 24.2. The minimum Gasteiger partial charge on any atom is -0.497 e. The highest BCUT2D eigenvalue weighted by atomic mass is 32.2. The monoisotopic (exact) mass is 337 g/mol. The highest BCUT2D eigenvalue weighted by Crippen LogP contribution is 2.34. The van der Waals surface area contributed by atoms with Gasteiger partial charge in [-0.05, 0) is 49.9 Å². The van der Waals surface area contributed by atoms with E-state index in [1.165, 1.54) is 31.4 Å². The van der Waals surface area contributed by atoms with Crippen molar-refractivity contribution in [1.82, 2.24) is 5.06 Å². The van der Waals surface area contributed by atoms with Crippen molar-refractivity contribution in [3.05, 3.63) is 35.4 Å². The highest BCUT2D eigenvalue weighted by molar-refractivity contribution is 7.86. The number of ether oxygens (including phenoxy) is 1. The number of hydrogen-bond donors (Lipinski definition) is 0. The van der Waals surface area contributed by atoms with Gasteiger partial charge >= 0.3 is 10.1 Å². The zero-order chi connectivity index (χ0) is 16.6. The van der Waals surface area contributed by atoms with Gasteiger partial charge in [0.2, 0.25) is 0 Å². The number of carbonyl (C=O) groups is 2. The molecule has 1 aromatic carbocycles. The van der Waals surface area contributed by atoms with Gasteiger partial charge in [0.25, 0.3) is 11.8 Å². The lowest BCUT2D eigenvalue weighted by Gasteiger charge is -2.14. The minimum atomic E-state index is -4.28. The minimum absolute atomic E-state index is 0.163.